The van der Waals surface area contributed by atoms with Crippen molar-refractivity contribution in [2.45, 2.75) is 25.9 Å². The molecule has 1 aliphatic carbocycles. The molecule has 0 aliphatic heterocycles. The van der Waals surface area contributed by atoms with Gasteiger partial charge in [0.15, 0.2) is 11.6 Å². The molecule has 0 radical (unpaired) electrons. The average Bonchev–Trinajstić information content (AvgIpc) is 3.01. The fourth-order valence-electron chi connectivity index (χ4n) is 2.95. The molecular weight excluding hydrogens is 422 g/mol. The molecular formula is C20H15ClF2N2O3S. The van der Waals surface area contributed by atoms with Gasteiger partial charge in [-0.2, -0.15) is 0 Å². The summed E-state index contributed by atoms with van der Waals surface area (Å²) in [5.41, 5.74) is -0.113. The van der Waals surface area contributed by atoms with Crippen LogP contribution < -0.4 is 10.1 Å². The Bertz CT molecular complexity index is 1110. The van der Waals surface area contributed by atoms with E-state index in [0.29, 0.717) is 22.9 Å². The highest BCUT2D eigenvalue weighted by Crippen LogP contribution is 2.29. The van der Waals surface area contributed by atoms with Crippen LogP contribution in [0.5, 0.6) is 5.75 Å². The van der Waals surface area contributed by atoms with E-state index in [4.69, 9.17) is 16.3 Å². The fraction of sp³-hybridized carbons (Fsp3) is 0.250. The van der Waals surface area contributed by atoms with Crippen LogP contribution in [0.2, 0.25) is 5.02 Å². The first kappa shape index (κ1) is 19.7. The standard InChI is InChI=1S/C20H15ClF2N2O3S/c21-11-4-6-13-15(8-11)29-16(24-13)9-28-14-7-5-12(22)17(18(14)23)20(27)25-19(26)10-2-1-3-10/h4-8,10H,1-3,9H2,(H,25,26,27). The van der Waals surface area contributed by atoms with Crippen LogP contribution in [-0.4, -0.2) is 16.8 Å². The first-order valence-electron chi connectivity index (χ1n) is 8.93. The van der Waals surface area contributed by atoms with Crippen molar-refractivity contribution in [1.82, 2.24) is 10.3 Å². The molecule has 3 aromatic rings. The molecule has 2 aromatic carbocycles. The third kappa shape index (κ3) is 4.09. The lowest BCUT2D eigenvalue weighted by atomic mass is 9.85. The van der Waals surface area contributed by atoms with E-state index < -0.39 is 29.0 Å². The minimum atomic E-state index is -1.16. The smallest absolute Gasteiger partial charge is 0.263 e. The fourth-order valence-corrected chi connectivity index (χ4v) is 4.10. The van der Waals surface area contributed by atoms with Gasteiger partial charge in [-0.1, -0.05) is 18.0 Å². The van der Waals surface area contributed by atoms with Gasteiger partial charge in [0.25, 0.3) is 5.91 Å². The van der Waals surface area contributed by atoms with Crippen molar-refractivity contribution in [3.05, 3.63) is 57.6 Å². The summed E-state index contributed by atoms with van der Waals surface area (Å²) in [5.74, 6) is -4.44. The molecule has 1 saturated carbocycles. The number of carbonyl (C=O) groups excluding carboxylic acids is 2. The highest BCUT2D eigenvalue weighted by Gasteiger charge is 2.29. The van der Waals surface area contributed by atoms with E-state index >= 15 is 0 Å². The number of fused-ring (bicyclic) bond motifs is 1. The quantitative estimate of drug-likeness (QED) is 0.580. The molecule has 2 amide bonds. The maximum atomic E-state index is 14.7. The number of carbonyl (C=O) groups is 2. The third-order valence-corrected chi connectivity index (χ3v) is 5.97. The van der Waals surface area contributed by atoms with E-state index in [0.717, 1.165) is 28.8 Å². The number of halogens is 3. The maximum Gasteiger partial charge on any atom is 0.263 e. The van der Waals surface area contributed by atoms with Gasteiger partial charge in [-0.05, 0) is 43.2 Å². The van der Waals surface area contributed by atoms with Gasteiger partial charge in [0.2, 0.25) is 5.91 Å². The summed E-state index contributed by atoms with van der Waals surface area (Å²) in [5, 5.41) is 3.21. The summed E-state index contributed by atoms with van der Waals surface area (Å²) in [7, 11) is 0. The zero-order chi connectivity index (χ0) is 20.5. The second kappa shape index (κ2) is 8.04. The Morgan fingerprint density at radius 3 is 2.76 bits per heavy atom. The summed E-state index contributed by atoms with van der Waals surface area (Å²) in [6.45, 7) is -0.0679. The molecule has 29 heavy (non-hydrogen) atoms. The number of amides is 2. The van der Waals surface area contributed by atoms with Crippen molar-refractivity contribution in [3.8, 4) is 5.75 Å². The van der Waals surface area contributed by atoms with E-state index in [9.17, 15) is 18.4 Å². The largest absolute Gasteiger partial charge is 0.483 e. The first-order chi connectivity index (χ1) is 13.9. The van der Waals surface area contributed by atoms with Crippen LogP contribution in [0.4, 0.5) is 8.78 Å². The monoisotopic (exact) mass is 436 g/mol. The molecule has 0 unspecified atom stereocenters. The first-order valence-corrected chi connectivity index (χ1v) is 10.1. The number of thiazole rings is 1. The Kier molecular flexibility index (Phi) is 5.47. The molecule has 1 N–H and O–H groups in total. The normalized spacial score (nSPS) is 13.9. The van der Waals surface area contributed by atoms with Gasteiger partial charge in [-0.15, -0.1) is 11.3 Å². The number of hydrogen-bond donors (Lipinski definition) is 1. The number of ether oxygens (including phenoxy) is 1. The van der Waals surface area contributed by atoms with Crippen LogP contribution in [0.1, 0.15) is 34.6 Å². The lowest BCUT2D eigenvalue weighted by Crippen LogP contribution is -2.39. The Morgan fingerprint density at radius 2 is 2.03 bits per heavy atom. The van der Waals surface area contributed by atoms with Crippen LogP contribution >= 0.6 is 22.9 Å². The molecule has 0 atom stereocenters. The molecule has 1 heterocycles. The lowest BCUT2D eigenvalue weighted by molar-refractivity contribution is -0.126. The highest BCUT2D eigenvalue weighted by atomic mass is 35.5. The van der Waals surface area contributed by atoms with Gasteiger partial charge in [0.1, 0.15) is 23.0 Å². The van der Waals surface area contributed by atoms with Gasteiger partial charge in [-0.25, -0.2) is 13.8 Å². The van der Waals surface area contributed by atoms with Gasteiger partial charge in [-0.3, -0.25) is 14.9 Å². The zero-order valence-corrected chi connectivity index (χ0v) is 16.6. The predicted molar refractivity (Wildman–Crippen MR) is 105 cm³/mol. The number of hydrogen-bond acceptors (Lipinski definition) is 5. The molecule has 150 valence electrons. The molecule has 1 aromatic heterocycles. The van der Waals surface area contributed by atoms with E-state index in [1.165, 1.54) is 11.3 Å². The molecule has 1 fully saturated rings. The number of nitrogens with zero attached hydrogens (tertiary/aromatic N) is 1. The minimum Gasteiger partial charge on any atom is -0.483 e. The zero-order valence-electron chi connectivity index (χ0n) is 15.0. The summed E-state index contributed by atoms with van der Waals surface area (Å²) < 4.78 is 35.1. The molecule has 0 bridgehead atoms. The topological polar surface area (TPSA) is 68.3 Å². The number of imide groups is 1. The number of benzene rings is 2. The van der Waals surface area contributed by atoms with Crippen molar-refractivity contribution >= 4 is 45.0 Å². The average molecular weight is 437 g/mol. The van der Waals surface area contributed by atoms with Crippen molar-refractivity contribution in [2.75, 3.05) is 0 Å². The number of nitrogens with one attached hydrogen (secondary N) is 1. The SMILES string of the molecule is O=C(NC(=O)C1CCC1)c1c(F)ccc(OCc2nc3ccc(Cl)cc3s2)c1F. The van der Waals surface area contributed by atoms with E-state index in [-0.39, 0.29) is 18.3 Å². The van der Waals surface area contributed by atoms with Crippen molar-refractivity contribution in [3.63, 3.8) is 0 Å². The van der Waals surface area contributed by atoms with Crippen molar-refractivity contribution < 1.29 is 23.1 Å². The summed E-state index contributed by atoms with van der Waals surface area (Å²) in [4.78, 5) is 28.5. The summed E-state index contributed by atoms with van der Waals surface area (Å²) in [6, 6.07) is 7.26. The molecule has 5 nitrogen and oxygen atoms in total. The van der Waals surface area contributed by atoms with Gasteiger partial charge < -0.3 is 4.74 Å². The van der Waals surface area contributed by atoms with Gasteiger partial charge >= 0.3 is 0 Å². The van der Waals surface area contributed by atoms with E-state index in [1.54, 1.807) is 18.2 Å². The van der Waals surface area contributed by atoms with Gasteiger partial charge in [0, 0.05) is 10.9 Å². The van der Waals surface area contributed by atoms with E-state index in [2.05, 4.69) is 10.3 Å². The Morgan fingerprint density at radius 1 is 1.24 bits per heavy atom. The molecule has 9 heteroatoms. The maximum absolute atomic E-state index is 14.7. The highest BCUT2D eigenvalue weighted by molar-refractivity contribution is 7.18. The second-order valence-electron chi connectivity index (χ2n) is 6.69. The molecule has 4 rings (SSSR count). The summed E-state index contributed by atoms with van der Waals surface area (Å²) in [6.07, 6.45) is 2.23. The third-order valence-electron chi connectivity index (χ3n) is 4.74. The van der Waals surface area contributed by atoms with Crippen LogP contribution in [0.3, 0.4) is 0 Å². The van der Waals surface area contributed by atoms with Crippen LogP contribution in [-0.2, 0) is 11.4 Å². The predicted octanol–water partition coefficient (Wildman–Crippen LogP) is 4.86. The Balaban J connectivity index is 1.50. The lowest BCUT2D eigenvalue weighted by Gasteiger charge is -2.23. The second-order valence-corrected chi connectivity index (χ2v) is 8.24. The Hall–Kier alpha value is -2.58. The number of aromatic nitrogens is 1. The minimum absolute atomic E-state index is 0.0679. The van der Waals surface area contributed by atoms with Crippen molar-refractivity contribution in [1.29, 1.82) is 0 Å². The Labute approximate surface area is 173 Å². The number of rotatable bonds is 5. The van der Waals surface area contributed by atoms with Crippen LogP contribution in [0.15, 0.2) is 30.3 Å². The molecule has 0 spiro atoms. The van der Waals surface area contributed by atoms with Crippen molar-refractivity contribution in [2.24, 2.45) is 5.92 Å². The van der Waals surface area contributed by atoms with Crippen LogP contribution in [0, 0.1) is 17.6 Å². The molecule has 0 saturated heterocycles. The molecule has 1 aliphatic rings. The summed E-state index contributed by atoms with van der Waals surface area (Å²) >= 11 is 7.28. The van der Waals surface area contributed by atoms with Crippen LogP contribution in [0.25, 0.3) is 10.2 Å². The van der Waals surface area contributed by atoms with E-state index in [1.807, 2.05) is 0 Å². The van der Waals surface area contributed by atoms with Gasteiger partial charge in [0.05, 0.1) is 10.2 Å².